The van der Waals surface area contributed by atoms with E-state index in [1.807, 2.05) is 36.5 Å². The molecule has 2 aromatic carbocycles. The number of carbonyl (C=O) groups excluding carboxylic acids is 2. The van der Waals surface area contributed by atoms with Gasteiger partial charge in [-0.3, -0.25) is 9.59 Å². The number of amides is 2. The molecule has 3 rings (SSSR count). The second-order valence-electron chi connectivity index (χ2n) is 6.06. The first-order valence-electron chi connectivity index (χ1n) is 8.38. The lowest BCUT2D eigenvalue weighted by molar-refractivity contribution is -0.119. The molecule has 7 heteroatoms. The molecule has 0 aliphatic rings. The fourth-order valence-corrected chi connectivity index (χ4v) is 2.66. The van der Waals surface area contributed by atoms with Crippen LogP contribution < -0.4 is 10.5 Å². The van der Waals surface area contributed by atoms with Gasteiger partial charge in [-0.15, -0.1) is 0 Å². The van der Waals surface area contributed by atoms with E-state index in [1.165, 1.54) is 0 Å². The van der Waals surface area contributed by atoms with E-state index in [9.17, 15) is 9.59 Å². The number of aromatic nitrogens is 2. The van der Waals surface area contributed by atoms with Crippen LogP contribution in [0.25, 0.3) is 5.69 Å². The summed E-state index contributed by atoms with van der Waals surface area (Å²) in [5.74, 6) is -0.293. The van der Waals surface area contributed by atoms with E-state index < -0.39 is 5.91 Å². The smallest absolute Gasteiger partial charge is 0.255 e. The minimum atomic E-state index is -0.569. The molecule has 0 aliphatic heterocycles. The van der Waals surface area contributed by atoms with Crippen LogP contribution in [0, 0.1) is 0 Å². The number of nitrogens with two attached hydrogens (primary N) is 1. The molecule has 0 saturated carbocycles. The average Bonchev–Trinajstić information content (AvgIpc) is 3.21. The molecule has 0 unspecified atom stereocenters. The van der Waals surface area contributed by atoms with Gasteiger partial charge in [-0.1, -0.05) is 18.2 Å². The van der Waals surface area contributed by atoms with Crippen molar-refractivity contribution in [2.24, 2.45) is 5.73 Å². The molecule has 138 valence electrons. The number of carbonyl (C=O) groups is 2. The summed E-state index contributed by atoms with van der Waals surface area (Å²) < 4.78 is 7.03. The SMILES string of the molecule is CN(Cc1cccc(-n2cccn2)c1)C(=O)c1cccc(OCC(N)=O)c1. The zero-order valence-corrected chi connectivity index (χ0v) is 14.9. The Morgan fingerprint density at radius 3 is 2.70 bits per heavy atom. The van der Waals surface area contributed by atoms with Crippen molar-refractivity contribution >= 4 is 11.8 Å². The van der Waals surface area contributed by atoms with Crippen molar-refractivity contribution in [3.63, 3.8) is 0 Å². The van der Waals surface area contributed by atoms with Gasteiger partial charge < -0.3 is 15.4 Å². The first kappa shape index (κ1) is 18.2. The van der Waals surface area contributed by atoms with Crippen LogP contribution in [0.2, 0.25) is 0 Å². The van der Waals surface area contributed by atoms with E-state index in [-0.39, 0.29) is 12.5 Å². The van der Waals surface area contributed by atoms with Crippen LogP contribution in [0.4, 0.5) is 0 Å². The van der Waals surface area contributed by atoms with Gasteiger partial charge in [0.25, 0.3) is 11.8 Å². The molecular formula is C20H20N4O3. The lowest BCUT2D eigenvalue weighted by Gasteiger charge is -2.18. The number of primary amides is 1. The Labute approximate surface area is 157 Å². The summed E-state index contributed by atoms with van der Waals surface area (Å²) in [4.78, 5) is 25.2. The van der Waals surface area contributed by atoms with E-state index in [1.54, 1.807) is 47.1 Å². The summed E-state index contributed by atoms with van der Waals surface area (Å²) in [7, 11) is 1.74. The molecule has 3 aromatic rings. The van der Waals surface area contributed by atoms with Crippen LogP contribution in [0.5, 0.6) is 5.75 Å². The number of hydrogen-bond acceptors (Lipinski definition) is 4. The van der Waals surface area contributed by atoms with Crippen LogP contribution in [0.3, 0.4) is 0 Å². The van der Waals surface area contributed by atoms with Gasteiger partial charge in [-0.05, 0) is 42.0 Å². The topological polar surface area (TPSA) is 90.4 Å². The zero-order valence-electron chi connectivity index (χ0n) is 14.9. The lowest BCUT2D eigenvalue weighted by Crippen LogP contribution is -2.26. The third kappa shape index (κ3) is 4.72. The van der Waals surface area contributed by atoms with Gasteiger partial charge >= 0.3 is 0 Å². The summed E-state index contributed by atoms with van der Waals surface area (Å²) in [5.41, 5.74) is 7.47. The number of ether oxygens (including phenoxy) is 1. The molecule has 0 atom stereocenters. The highest BCUT2D eigenvalue weighted by Crippen LogP contribution is 2.17. The number of hydrogen-bond donors (Lipinski definition) is 1. The maximum atomic E-state index is 12.7. The highest BCUT2D eigenvalue weighted by atomic mass is 16.5. The van der Waals surface area contributed by atoms with E-state index >= 15 is 0 Å². The van der Waals surface area contributed by atoms with Crippen molar-refractivity contribution in [3.8, 4) is 11.4 Å². The first-order chi connectivity index (χ1) is 13.0. The molecule has 0 saturated heterocycles. The minimum Gasteiger partial charge on any atom is -0.484 e. The monoisotopic (exact) mass is 364 g/mol. The van der Waals surface area contributed by atoms with E-state index in [2.05, 4.69) is 5.10 Å². The molecule has 0 spiro atoms. The van der Waals surface area contributed by atoms with Crippen LogP contribution in [-0.4, -0.2) is 40.1 Å². The van der Waals surface area contributed by atoms with Crippen molar-refractivity contribution in [2.45, 2.75) is 6.54 Å². The summed E-state index contributed by atoms with van der Waals surface area (Å²) in [6, 6.07) is 16.4. The predicted molar refractivity (Wildman–Crippen MR) is 100 cm³/mol. The fraction of sp³-hybridized carbons (Fsp3) is 0.150. The normalized spacial score (nSPS) is 10.4. The van der Waals surface area contributed by atoms with Crippen molar-refractivity contribution < 1.29 is 14.3 Å². The highest BCUT2D eigenvalue weighted by molar-refractivity contribution is 5.94. The van der Waals surface area contributed by atoms with E-state index in [4.69, 9.17) is 10.5 Å². The van der Waals surface area contributed by atoms with Crippen molar-refractivity contribution in [1.29, 1.82) is 0 Å². The molecule has 0 radical (unpaired) electrons. The van der Waals surface area contributed by atoms with E-state index in [0.29, 0.717) is 17.9 Å². The largest absolute Gasteiger partial charge is 0.484 e. The number of rotatable bonds is 7. The zero-order chi connectivity index (χ0) is 19.2. The van der Waals surface area contributed by atoms with E-state index in [0.717, 1.165) is 11.3 Å². The Kier molecular flexibility index (Phi) is 5.51. The maximum absolute atomic E-state index is 12.7. The van der Waals surface area contributed by atoms with Gasteiger partial charge in [0.1, 0.15) is 5.75 Å². The molecule has 0 bridgehead atoms. The number of nitrogens with zero attached hydrogens (tertiary/aromatic N) is 3. The maximum Gasteiger partial charge on any atom is 0.255 e. The van der Waals surface area contributed by atoms with Crippen LogP contribution in [0.15, 0.2) is 67.0 Å². The van der Waals surface area contributed by atoms with Crippen LogP contribution in [0.1, 0.15) is 15.9 Å². The van der Waals surface area contributed by atoms with Gasteiger partial charge in [0.05, 0.1) is 5.69 Å². The van der Waals surface area contributed by atoms with Crippen LogP contribution in [-0.2, 0) is 11.3 Å². The van der Waals surface area contributed by atoms with Gasteiger partial charge in [-0.25, -0.2) is 4.68 Å². The third-order valence-corrected chi connectivity index (χ3v) is 3.91. The first-order valence-corrected chi connectivity index (χ1v) is 8.38. The average molecular weight is 364 g/mol. The van der Waals surface area contributed by atoms with Gasteiger partial charge in [0.15, 0.2) is 6.61 Å². The fourth-order valence-electron chi connectivity index (χ4n) is 2.66. The Balaban J connectivity index is 1.70. The molecular weight excluding hydrogens is 344 g/mol. The molecule has 2 amide bonds. The Morgan fingerprint density at radius 1 is 1.15 bits per heavy atom. The molecule has 7 nitrogen and oxygen atoms in total. The summed E-state index contributed by atoms with van der Waals surface area (Å²) in [6.45, 7) is 0.216. The second kappa shape index (κ2) is 8.18. The van der Waals surface area contributed by atoms with Gasteiger partial charge in [0.2, 0.25) is 0 Å². The summed E-state index contributed by atoms with van der Waals surface area (Å²) in [6.07, 6.45) is 3.58. The molecule has 2 N–H and O–H groups in total. The second-order valence-corrected chi connectivity index (χ2v) is 6.06. The third-order valence-electron chi connectivity index (χ3n) is 3.91. The Hall–Kier alpha value is -3.61. The minimum absolute atomic E-state index is 0.149. The van der Waals surface area contributed by atoms with Crippen molar-refractivity contribution in [1.82, 2.24) is 14.7 Å². The van der Waals surface area contributed by atoms with Crippen molar-refractivity contribution in [3.05, 3.63) is 78.1 Å². The lowest BCUT2D eigenvalue weighted by atomic mass is 10.1. The standard InChI is InChI=1S/C20H20N4O3/c1-23(13-15-5-2-7-17(11-15)24-10-4-9-22-24)20(26)16-6-3-8-18(12-16)27-14-19(21)25/h2-12H,13-14H2,1H3,(H2,21,25). The molecule has 1 aromatic heterocycles. The predicted octanol–water partition coefficient (Wildman–Crippen LogP) is 2.01. The molecule has 0 aliphatic carbocycles. The van der Waals surface area contributed by atoms with Gasteiger partial charge in [-0.2, -0.15) is 5.10 Å². The molecule has 0 fully saturated rings. The van der Waals surface area contributed by atoms with Gasteiger partial charge in [0, 0.05) is 31.5 Å². The Morgan fingerprint density at radius 2 is 1.96 bits per heavy atom. The highest BCUT2D eigenvalue weighted by Gasteiger charge is 2.13. The molecule has 1 heterocycles. The van der Waals surface area contributed by atoms with Crippen LogP contribution >= 0.6 is 0 Å². The summed E-state index contributed by atoms with van der Waals surface area (Å²) in [5, 5.41) is 4.22. The quantitative estimate of drug-likeness (QED) is 0.694. The van der Waals surface area contributed by atoms with Crippen molar-refractivity contribution in [2.75, 3.05) is 13.7 Å². The Bertz CT molecular complexity index is 938. The number of benzene rings is 2. The molecule has 27 heavy (non-hydrogen) atoms. The summed E-state index contributed by atoms with van der Waals surface area (Å²) >= 11 is 0.